The third-order valence-corrected chi connectivity index (χ3v) is 3.91. The van der Waals surface area contributed by atoms with E-state index >= 15 is 0 Å². The highest BCUT2D eigenvalue weighted by Crippen LogP contribution is 2.33. The minimum Gasteiger partial charge on any atom is -0.468 e. The van der Waals surface area contributed by atoms with E-state index in [9.17, 15) is 0 Å². The van der Waals surface area contributed by atoms with Gasteiger partial charge >= 0.3 is 0 Å². The Morgan fingerprint density at radius 3 is 2.44 bits per heavy atom. The van der Waals surface area contributed by atoms with E-state index in [0.717, 1.165) is 30.7 Å². The largest absolute Gasteiger partial charge is 0.468 e. The summed E-state index contributed by atoms with van der Waals surface area (Å²) in [7, 11) is 0. The summed E-state index contributed by atoms with van der Waals surface area (Å²) in [6, 6.07) is 3.97. The fraction of sp³-hybridized carbons (Fsp3) is 0.733. The van der Waals surface area contributed by atoms with Crippen LogP contribution in [0.25, 0.3) is 0 Å². The van der Waals surface area contributed by atoms with Crippen molar-refractivity contribution in [3.05, 3.63) is 24.2 Å². The molecule has 1 N–H and O–H groups in total. The fourth-order valence-corrected chi connectivity index (χ4v) is 2.45. The minimum atomic E-state index is 0.855. The van der Waals surface area contributed by atoms with Crippen molar-refractivity contribution in [2.24, 2.45) is 11.8 Å². The molecule has 2 aliphatic rings. The van der Waals surface area contributed by atoms with Crippen molar-refractivity contribution in [2.75, 3.05) is 26.2 Å². The zero-order valence-electron chi connectivity index (χ0n) is 11.1. The highest BCUT2D eigenvalue weighted by molar-refractivity contribution is 4.97. The lowest BCUT2D eigenvalue weighted by Gasteiger charge is -2.22. The maximum absolute atomic E-state index is 5.31. The summed E-state index contributed by atoms with van der Waals surface area (Å²) in [5, 5.41) is 3.47. The lowest BCUT2D eigenvalue weighted by atomic mass is 10.3. The van der Waals surface area contributed by atoms with Gasteiger partial charge in [0, 0.05) is 26.2 Å². The maximum atomic E-state index is 5.31. The molecule has 2 aliphatic carbocycles. The second-order valence-corrected chi connectivity index (χ2v) is 5.90. The number of nitrogens with zero attached hydrogens (tertiary/aromatic N) is 1. The van der Waals surface area contributed by atoms with Gasteiger partial charge in [-0.25, -0.2) is 0 Å². The Bertz CT molecular complexity index is 327. The molecule has 0 aliphatic heterocycles. The lowest BCUT2D eigenvalue weighted by Crippen LogP contribution is -2.34. The van der Waals surface area contributed by atoms with Gasteiger partial charge in [-0.05, 0) is 49.7 Å². The predicted octanol–water partition coefficient (Wildman–Crippen LogP) is 2.49. The molecule has 3 nitrogen and oxygen atoms in total. The summed E-state index contributed by atoms with van der Waals surface area (Å²) in [5.74, 6) is 3.05. The normalized spacial score (nSPS) is 19.6. The van der Waals surface area contributed by atoms with Crippen molar-refractivity contribution >= 4 is 0 Å². The van der Waals surface area contributed by atoms with Gasteiger partial charge in [0.15, 0.2) is 0 Å². The monoisotopic (exact) mass is 248 g/mol. The quantitative estimate of drug-likeness (QED) is 0.681. The molecule has 1 aromatic heterocycles. The van der Waals surface area contributed by atoms with Crippen molar-refractivity contribution in [1.29, 1.82) is 0 Å². The van der Waals surface area contributed by atoms with Crippen molar-refractivity contribution < 1.29 is 4.42 Å². The van der Waals surface area contributed by atoms with Gasteiger partial charge in [0.25, 0.3) is 0 Å². The van der Waals surface area contributed by atoms with Gasteiger partial charge in [0.1, 0.15) is 5.76 Å². The standard InChI is InChI=1S/C15H24N2O/c1-2-15(18-9-1)10-16-7-8-17(11-13-3-4-13)12-14-5-6-14/h1-2,9,13-14,16H,3-8,10-12H2. The summed E-state index contributed by atoms with van der Waals surface area (Å²) in [6.45, 7) is 5.78. The first-order valence-corrected chi connectivity index (χ1v) is 7.35. The number of hydrogen-bond acceptors (Lipinski definition) is 3. The summed E-state index contributed by atoms with van der Waals surface area (Å²) < 4.78 is 5.31. The van der Waals surface area contributed by atoms with Crippen LogP contribution in [0.2, 0.25) is 0 Å². The molecule has 1 aromatic rings. The van der Waals surface area contributed by atoms with E-state index in [4.69, 9.17) is 4.42 Å². The lowest BCUT2D eigenvalue weighted by molar-refractivity contribution is 0.251. The van der Waals surface area contributed by atoms with Crippen LogP contribution >= 0.6 is 0 Å². The SMILES string of the molecule is c1coc(CNCCN(CC2CC2)CC2CC2)c1. The molecule has 0 atom stereocenters. The van der Waals surface area contributed by atoms with Crippen molar-refractivity contribution in [2.45, 2.75) is 32.2 Å². The van der Waals surface area contributed by atoms with Crippen LogP contribution in [0.3, 0.4) is 0 Å². The van der Waals surface area contributed by atoms with Crippen LogP contribution in [0.15, 0.2) is 22.8 Å². The third-order valence-electron chi connectivity index (χ3n) is 3.91. The number of nitrogens with one attached hydrogen (secondary N) is 1. The molecule has 0 aromatic carbocycles. The van der Waals surface area contributed by atoms with Crippen LogP contribution in [-0.4, -0.2) is 31.1 Å². The van der Waals surface area contributed by atoms with Crippen LogP contribution < -0.4 is 5.32 Å². The molecule has 0 saturated heterocycles. The Morgan fingerprint density at radius 1 is 1.17 bits per heavy atom. The highest BCUT2D eigenvalue weighted by Gasteiger charge is 2.28. The second-order valence-electron chi connectivity index (χ2n) is 5.90. The fourth-order valence-electron chi connectivity index (χ4n) is 2.45. The van der Waals surface area contributed by atoms with Crippen LogP contribution in [0.4, 0.5) is 0 Å². The molecular weight excluding hydrogens is 224 g/mol. The molecule has 3 rings (SSSR count). The van der Waals surface area contributed by atoms with E-state index < -0.39 is 0 Å². The van der Waals surface area contributed by atoms with Crippen LogP contribution in [0.5, 0.6) is 0 Å². The Morgan fingerprint density at radius 2 is 1.89 bits per heavy atom. The molecule has 0 unspecified atom stereocenters. The minimum absolute atomic E-state index is 0.855. The molecule has 0 bridgehead atoms. The van der Waals surface area contributed by atoms with E-state index in [1.165, 1.54) is 45.3 Å². The van der Waals surface area contributed by atoms with E-state index in [-0.39, 0.29) is 0 Å². The highest BCUT2D eigenvalue weighted by atomic mass is 16.3. The van der Waals surface area contributed by atoms with Crippen molar-refractivity contribution in [1.82, 2.24) is 10.2 Å². The Hall–Kier alpha value is -0.800. The van der Waals surface area contributed by atoms with Crippen LogP contribution in [0, 0.1) is 11.8 Å². The zero-order chi connectivity index (χ0) is 12.2. The van der Waals surface area contributed by atoms with Gasteiger partial charge in [-0.1, -0.05) is 0 Å². The Balaban J connectivity index is 1.33. The molecule has 3 heteroatoms. The van der Waals surface area contributed by atoms with Gasteiger partial charge in [-0.15, -0.1) is 0 Å². The average Bonchev–Trinajstić information content (AvgIpc) is 3.29. The summed E-state index contributed by atoms with van der Waals surface area (Å²) >= 11 is 0. The van der Waals surface area contributed by atoms with Gasteiger partial charge < -0.3 is 14.6 Å². The molecule has 2 saturated carbocycles. The molecule has 0 amide bonds. The Kier molecular flexibility index (Phi) is 4.01. The van der Waals surface area contributed by atoms with Gasteiger partial charge in [-0.3, -0.25) is 0 Å². The average molecular weight is 248 g/mol. The number of rotatable bonds is 9. The molecule has 100 valence electrons. The van der Waals surface area contributed by atoms with Crippen molar-refractivity contribution in [3.63, 3.8) is 0 Å². The second kappa shape index (κ2) is 5.89. The van der Waals surface area contributed by atoms with Crippen LogP contribution in [0.1, 0.15) is 31.4 Å². The summed E-state index contributed by atoms with van der Waals surface area (Å²) in [5.41, 5.74) is 0. The van der Waals surface area contributed by atoms with E-state index in [1.54, 1.807) is 6.26 Å². The molecule has 1 heterocycles. The van der Waals surface area contributed by atoms with Gasteiger partial charge in [-0.2, -0.15) is 0 Å². The van der Waals surface area contributed by atoms with E-state index in [2.05, 4.69) is 10.2 Å². The first-order chi connectivity index (χ1) is 8.90. The predicted molar refractivity (Wildman–Crippen MR) is 72.3 cm³/mol. The molecule has 2 fully saturated rings. The first-order valence-electron chi connectivity index (χ1n) is 7.35. The Labute approximate surface area is 110 Å². The van der Waals surface area contributed by atoms with Crippen LogP contribution in [-0.2, 0) is 6.54 Å². The smallest absolute Gasteiger partial charge is 0.117 e. The zero-order valence-corrected chi connectivity index (χ0v) is 11.1. The van der Waals surface area contributed by atoms with Gasteiger partial charge in [0.2, 0.25) is 0 Å². The molecule has 0 spiro atoms. The number of hydrogen-bond donors (Lipinski definition) is 1. The van der Waals surface area contributed by atoms with Gasteiger partial charge in [0.05, 0.1) is 12.8 Å². The maximum Gasteiger partial charge on any atom is 0.117 e. The van der Waals surface area contributed by atoms with E-state index in [0.29, 0.717) is 0 Å². The summed E-state index contributed by atoms with van der Waals surface area (Å²) in [4.78, 5) is 2.67. The van der Waals surface area contributed by atoms with Crippen molar-refractivity contribution in [3.8, 4) is 0 Å². The molecular formula is C15H24N2O. The van der Waals surface area contributed by atoms with E-state index in [1.807, 2.05) is 12.1 Å². The number of furan rings is 1. The first kappa shape index (κ1) is 12.2. The molecule has 18 heavy (non-hydrogen) atoms. The third kappa shape index (κ3) is 4.14. The summed E-state index contributed by atoms with van der Waals surface area (Å²) in [6.07, 6.45) is 7.58. The topological polar surface area (TPSA) is 28.4 Å². The molecule has 0 radical (unpaired) electrons.